The molecule has 1 aliphatic rings. The number of fused-ring (bicyclic) bond motifs is 1. The number of hydrogen-bond donors (Lipinski definition) is 2. The van der Waals surface area contributed by atoms with Crippen molar-refractivity contribution in [3.8, 4) is 0 Å². The molecule has 0 unspecified atom stereocenters. The third-order valence-corrected chi connectivity index (χ3v) is 4.14. The van der Waals surface area contributed by atoms with E-state index in [1.54, 1.807) is 7.05 Å². The van der Waals surface area contributed by atoms with Crippen LogP contribution in [0.1, 0.15) is 38.2 Å². The van der Waals surface area contributed by atoms with Crippen LogP contribution in [0.5, 0.6) is 0 Å². The molecule has 0 atom stereocenters. The number of guanidine groups is 1. The summed E-state index contributed by atoms with van der Waals surface area (Å²) in [5.41, 5.74) is 2.29. The molecule has 0 aromatic heterocycles. The quantitative estimate of drug-likeness (QED) is 0.461. The summed E-state index contributed by atoms with van der Waals surface area (Å²) in [4.78, 5) is 18.5. The molecule has 1 aromatic carbocycles. The van der Waals surface area contributed by atoms with Gasteiger partial charge in [-0.3, -0.25) is 9.79 Å². The summed E-state index contributed by atoms with van der Waals surface area (Å²) in [6, 6.07) is 8.11. The van der Waals surface area contributed by atoms with E-state index < -0.39 is 0 Å². The number of nitrogens with one attached hydrogen (secondary N) is 2. The predicted octanol–water partition coefficient (Wildman–Crippen LogP) is 2.32. The standard InChI is InChI=1S/C18H28N4O/c1-3-4-5-8-12-20-18(19-2)21-14-17(23)22-13-11-15-9-6-7-10-16(15)22/h6-7,9-10H,3-5,8,11-14H2,1-2H3,(H2,19,20,21). The Hall–Kier alpha value is -2.04. The fourth-order valence-electron chi connectivity index (χ4n) is 2.83. The minimum absolute atomic E-state index is 0.0869. The maximum atomic E-state index is 12.4. The van der Waals surface area contributed by atoms with Crippen LogP contribution in [0.15, 0.2) is 29.3 Å². The van der Waals surface area contributed by atoms with E-state index in [4.69, 9.17) is 0 Å². The molecule has 0 bridgehead atoms. The predicted molar refractivity (Wildman–Crippen MR) is 96.0 cm³/mol. The van der Waals surface area contributed by atoms with Gasteiger partial charge in [0.2, 0.25) is 5.91 Å². The number of carbonyl (C=O) groups is 1. The van der Waals surface area contributed by atoms with Crippen LogP contribution >= 0.6 is 0 Å². The lowest BCUT2D eigenvalue weighted by atomic mass is 10.2. The Bertz CT molecular complexity index is 542. The number of benzene rings is 1. The Morgan fingerprint density at radius 1 is 1.22 bits per heavy atom. The maximum absolute atomic E-state index is 12.4. The number of hydrogen-bond acceptors (Lipinski definition) is 2. The third kappa shape index (κ3) is 4.98. The van der Waals surface area contributed by atoms with Gasteiger partial charge in [0.15, 0.2) is 5.96 Å². The molecule has 126 valence electrons. The van der Waals surface area contributed by atoms with Gasteiger partial charge in [-0.15, -0.1) is 0 Å². The average molecular weight is 316 g/mol. The molecule has 23 heavy (non-hydrogen) atoms. The molecule has 2 rings (SSSR count). The van der Waals surface area contributed by atoms with E-state index >= 15 is 0 Å². The minimum Gasteiger partial charge on any atom is -0.356 e. The molecule has 1 heterocycles. The molecule has 2 N–H and O–H groups in total. The number of unbranched alkanes of at least 4 members (excludes halogenated alkanes) is 3. The van der Waals surface area contributed by atoms with Crippen LogP contribution in [0.4, 0.5) is 5.69 Å². The molecule has 1 aliphatic heterocycles. The van der Waals surface area contributed by atoms with Crippen molar-refractivity contribution < 1.29 is 4.79 Å². The highest BCUT2D eigenvalue weighted by molar-refractivity contribution is 5.98. The maximum Gasteiger partial charge on any atom is 0.246 e. The van der Waals surface area contributed by atoms with E-state index in [0.29, 0.717) is 5.96 Å². The van der Waals surface area contributed by atoms with Gasteiger partial charge in [0.05, 0.1) is 6.54 Å². The number of rotatable bonds is 7. The molecule has 1 amide bonds. The van der Waals surface area contributed by atoms with Gasteiger partial charge in [-0.1, -0.05) is 44.4 Å². The molecule has 0 radical (unpaired) electrons. The fraction of sp³-hybridized carbons (Fsp3) is 0.556. The SMILES string of the molecule is CCCCCCNC(=NC)NCC(=O)N1CCc2ccccc21. The first-order chi connectivity index (χ1) is 11.3. The molecule has 1 aromatic rings. The van der Waals surface area contributed by atoms with Gasteiger partial charge in [0, 0.05) is 25.8 Å². The second kappa shape index (κ2) is 9.18. The summed E-state index contributed by atoms with van der Waals surface area (Å²) in [6.07, 6.45) is 5.79. The van der Waals surface area contributed by atoms with E-state index in [1.165, 1.54) is 24.8 Å². The molecule has 5 heteroatoms. The Morgan fingerprint density at radius 3 is 2.83 bits per heavy atom. The van der Waals surface area contributed by atoms with E-state index in [1.807, 2.05) is 23.1 Å². The number of amides is 1. The van der Waals surface area contributed by atoms with Crippen LogP contribution in [-0.2, 0) is 11.2 Å². The zero-order valence-corrected chi connectivity index (χ0v) is 14.3. The lowest BCUT2D eigenvalue weighted by molar-refractivity contribution is -0.117. The van der Waals surface area contributed by atoms with E-state index in [0.717, 1.165) is 31.6 Å². The molecule has 0 spiro atoms. The van der Waals surface area contributed by atoms with Crippen molar-refractivity contribution >= 4 is 17.6 Å². The van der Waals surface area contributed by atoms with Gasteiger partial charge in [0.25, 0.3) is 0 Å². The van der Waals surface area contributed by atoms with E-state index in [9.17, 15) is 4.79 Å². The molecule has 5 nitrogen and oxygen atoms in total. The Balaban J connectivity index is 1.75. The van der Waals surface area contributed by atoms with Crippen LogP contribution < -0.4 is 15.5 Å². The minimum atomic E-state index is 0.0869. The highest BCUT2D eigenvalue weighted by atomic mass is 16.2. The first-order valence-corrected chi connectivity index (χ1v) is 8.59. The van der Waals surface area contributed by atoms with Gasteiger partial charge in [-0.2, -0.15) is 0 Å². The van der Waals surface area contributed by atoms with Crippen molar-refractivity contribution in [3.05, 3.63) is 29.8 Å². The second-order valence-electron chi connectivity index (χ2n) is 5.84. The van der Waals surface area contributed by atoms with Crippen molar-refractivity contribution in [2.45, 2.75) is 39.0 Å². The smallest absolute Gasteiger partial charge is 0.246 e. The number of carbonyl (C=O) groups excluding carboxylic acids is 1. The van der Waals surface area contributed by atoms with Crippen LogP contribution in [-0.4, -0.2) is 38.5 Å². The topological polar surface area (TPSA) is 56.7 Å². The Labute approximate surface area is 139 Å². The lowest BCUT2D eigenvalue weighted by Gasteiger charge is -2.18. The number of aliphatic imine (C=N–C) groups is 1. The highest BCUT2D eigenvalue weighted by Crippen LogP contribution is 2.27. The molecule has 0 saturated heterocycles. The molecule has 0 aliphatic carbocycles. The summed E-state index contributed by atoms with van der Waals surface area (Å²) in [5, 5.41) is 6.38. The normalized spacial score (nSPS) is 13.8. The number of para-hydroxylation sites is 1. The van der Waals surface area contributed by atoms with E-state index in [-0.39, 0.29) is 12.5 Å². The highest BCUT2D eigenvalue weighted by Gasteiger charge is 2.23. The molecular formula is C18H28N4O. The first-order valence-electron chi connectivity index (χ1n) is 8.59. The molecule has 0 saturated carbocycles. The second-order valence-corrected chi connectivity index (χ2v) is 5.84. The lowest BCUT2D eigenvalue weighted by Crippen LogP contribution is -2.44. The largest absolute Gasteiger partial charge is 0.356 e. The fourth-order valence-corrected chi connectivity index (χ4v) is 2.83. The van der Waals surface area contributed by atoms with Crippen molar-refractivity contribution in [2.75, 3.05) is 31.6 Å². The van der Waals surface area contributed by atoms with Crippen LogP contribution in [0.3, 0.4) is 0 Å². The zero-order chi connectivity index (χ0) is 16.5. The van der Waals surface area contributed by atoms with Crippen LogP contribution in [0.25, 0.3) is 0 Å². The number of nitrogens with zero attached hydrogens (tertiary/aromatic N) is 2. The third-order valence-electron chi connectivity index (χ3n) is 4.14. The van der Waals surface area contributed by atoms with Crippen molar-refractivity contribution in [1.29, 1.82) is 0 Å². The van der Waals surface area contributed by atoms with Crippen LogP contribution in [0, 0.1) is 0 Å². The zero-order valence-electron chi connectivity index (χ0n) is 14.3. The summed E-state index contributed by atoms with van der Waals surface area (Å²) in [6.45, 7) is 4.13. The van der Waals surface area contributed by atoms with Crippen molar-refractivity contribution in [3.63, 3.8) is 0 Å². The summed E-state index contributed by atoms with van der Waals surface area (Å²) >= 11 is 0. The van der Waals surface area contributed by atoms with Gasteiger partial charge in [0.1, 0.15) is 0 Å². The van der Waals surface area contributed by atoms with Crippen molar-refractivity contribution in [2.24, 2.45) is 4.99 Å². The first kappa shape index (κ1) is 17.3. The van der Waals surface area contributed by atoms with E-state index in [2.05, 4.69) is 28.6 Å². The van der Waals surface area contributed by atoms with Gasteiger partial charge in [-0.25, -0.2) is 0 Å². The van der Waals surface area contributed by atoms with Gasteiger partial charge >= 0.3 is 0 Å². The monoisotopic (exact) mass is 316 g/mol. The number of anilines is 1. The Kier molecular flexibility index (Phi) is 6.91. The summed E-state index contributed by atoms with van der Waals surface area (Å²) < 4.78 is 0. The summed E-state index contributed by atoms with van der Waals surface area (Å²) in [7, 11) is 1.73. The Morgan fingerprint density at radius 2 is 2.04 bits per heavy atom. The van der Waals surface area contributed by atoms with Gasteiger partial charge < -0.3 is 15.5 Å². The van der Waals surface area contributed by atoms with Gasteiger partial charge in [-0.05, 0) is 24.5 Å². The van der Waals surface area contributed by atoms with Crippen LogP contribution in [0.2, 0.25) is 0 Å². The molecular weight excluding hydrogens is 288 g/mol. The average Bonchev–Trinajstić information content (AvgIpc) is 3.01. The summed E-state index contributed by atoms with van der Waals surface area (Å²) in [5.74, 6) is 0.784. The van der Waals surface area contributed by atoms with Crippen molar-refractivity contribution in [1.82, 2.24) is 10.6 Å². The molecule has 0 fully saturated rings.